The molecule has 2 aliphatic rings. The van der Waals surface area contributed by atoms with Crippen LogP contribution < -0.4 is 24.8 Å². The average molecular weight is 320 g/mol. The molecule has 0 spiro atoms. The Morgan fingerprint density at radius 3 is 2.83 bits per heavy atom. The fourth-order valence-corrected chi connectivity index (χ4v) is 2.85. The summed E-state index contributed by atoms with van der Waals surface area (Å²) in [5.41, 5.74) is 0.931. The second-order valence-corrected chi connectivity index (χ2v) is 5.79. The molecular formula is C16H20N2O5. The second kappa shape index (κ2) is 6.36. The summed E-state index contributed by atoms with van der Waals surface area (Å²) in [5, 5.41) is 5.60. The van der Waals surface area contributed by atoms with Crippen molar-refractivity contribution in [2.45, 2.75) is 38.3 Å². The van der Waals surface area contributed by atoms with Gasteiger partial charge in [0.2, 0.25) is 18.6 Å². The molecule has 0 saturated carbocycles. The molecule has 2 N–H and O–H groups in total. The van der Waals surface area contributed by atoms with Crippen LogP contribution in [0.3, 0.4) is 0 Å². The van der Waals surface area contributed by atoms with Crippen molar-refractivity contribution in [1.82, 2.24) is 10.6 Å². The van der Waals surface area contributed by atoms with Crippen LogP contribution in [-0.4, -0.2) is 37.8 Å². The molecule has 2 aliphatic heterocycles. The molecular weight excluding hydrogens is 300 g/mol. The summed E-state index contributed by atoms with van der Waals surface area (Å²) in [5.74, 6) is 1.82. The van der Waals surface area contributed by atoms with E-state index in [9.17, 15) is 9.59 Å². The van der Waals surface area contributed by atoms with Gasteiger partial charge in [-0.25, -0.2) is 0 Å². The second-order valence-electron chi connectivity index (χ2n) is 5.79. The van der Waals surface area contributed by atoms with Gasteiger partial charge in [0.1, 0.15) is 11.8 Å². The molecule has 2 unspecified atom stereocenters. The van der Waals surface area contributed by atoms with Crippen LogP contribution >= 0.6 is 0 Å². The van der Waals surface area contributed by atoms with Gasteiger partial charge in [0.05, 0.1) is 7.11 Å². The molecule has 7 nitrogen and oxygen atoms in total. The summed E-state index contributed by atoms with van der Waals surface area (Å²) in [6, 6.07) is 3.14. The molecule has 1 fully saturated rings. The first-order chi connectivity index (χ1) is 11.1. The number of amides is 2. The normalized spacial score (nSPS) is 20.1. The number of ether oxygens (including phenoxy) is 3. The molecule has 1 aromatic carbocycles. The lowest BCUT2D eigenvalue weighted by atomic mass is 10.0. The summed E-state index contributed by atoms with van der Waals surface area (Å²) in [7, 11) is 1.60. The Bertz CT molecular complexity index is 631. The number of hydrogen-bond acceptors (Lipinski definition) is 5. The van der Waals surface area contributed by atoms with Gasteiger partial charge in [-0.2, -0.15) is 0 Å². The van der Waals surface area contributed by atoms with Crippen molar-refractivity contribution < 1.29 is 23.8 Å². The van der Waals surface area contributed by atoms with Gasteiger partial charge in [0.25, 0.3) is 0 Å². The SMILES string of the molecule is COc1cc2c(cc1CC(C)NC(=O)C1CCC(=O)N1)OCO2. The lowest BCUT2D eigenvalue weighted by molar-refractivity contribution is -0.126. The van der Waals surface area contributed by atoms with Gasteiger partial charge in [0, 0.05) is 24.1 Å². The summed E-state index contributed by atoms with van der Waals surface area (Å²) in [6.45, 7) is 2.12. The zero-order valence-corrected chi connectivity index (χ0v) is 13.2. The zero-order valence-electron chi connectivity index (χ0n) is 13.2. The van der Waals surface area contributed by atoms with Crippen molar-refractivity contribution in [2.75, 3.05) is 13.9 Å². The molecule has 2 heterocycles. The number of benzene rings is 1. The van der Waals surface area contributed by atoms with Gasteiger partial charge in [-0.15, -0.1) is 0 Å². The third-order valence-corrected chi connectivity index (χ3v) is 4.00. The Hall–Kier alpha value is -2.44. The average Bonchev–Trinajstić information content (AvgIpc) is 3.14. The monoisotopic (exact) mass is 320 g/mol. The van der Waals surface area contributed by atoms with Gasteiger partial charge in [-0.3, -0.25) is 9.59 Å². The van der Waals surface area contributed by atoms with E-state index in [4.69, 9.17) is 14.2 Å². The zero-order chi connectivity index (χ0) is 16.4. The molecule has 0 bridgehead atoms. The van der Waals surface area contributed by atoms with E-state index < -0.39 is 6.04 Å². The maximum absolute atomic E-state index is 12.1. The van der Waals surface area contributed by atoms with Gasteiger partial charge >= 0.3 is 0 Å². The summed E-state index contributed by atoms with van der Waals surface area (Å²) in [4.78, 5) is 23.3. The summed E-state index contributed by atoms with van der Waals surface area (Å²) in [6.07, 6.45) is 1.54. The van der Waals surface area contributed by atoms with Crippen LogP contribution in [0.5, 0.6) is 17.2 Å². The minimum absolute atomic E-state index is 0.0738. The van der Waals surface area contributed by atoms with Crippen LogP contribution in [0.4, 0.5) is 0 Å². The van der Waals surface area contributed by atoms with Crippen molar-refractivity contribution in [3.63, 3.8) is 0 Å². The van der Waals surface area contributed by atoms with Crippen LogP contribution in [-0.2, 0) is 16.0 Å². The Labute approximate surface area is 134 Å². The predicted octanol–water partition coefficient (Wildman–Crippen LogP) is 0.750. The van der Waals surface area contributed by atoms with Crippen LogP contribution in [0, 0.1) is 0 Å². The van der Waals surface area contributed by atoms with Crippen LogP contribution in [0.15, 0.2) is 12.1 Å². The first kappa shape index (κ1) is 15.5. The Kier molecular flexibility index (Phi) is 4.27. The number of carbonyl (C=O) groups is 2. The number of methoxy groups -OCH3 is 1. The number of fused-ring (bicyclic) bond motifs is 1. The van der Waals surface area contributed by atoms with E-state index in [0.29, 0.717) is 36.5 Å². The highest BCUT2D eigenvalue weighted by atomic mass is 16.7. The Morgan fingerprint density at radius 2 is 2.17 bits per heavy atom. The molecule has 0 aliphatic carbocycles. The molecule has 3 rings (SSSR count). The van der Waals surface area contributed by atoms with E-state index in [-0.39, 0.29) is 24.6 Å². The molecule has 7 heteroatoms. The molecule has 2 amide bonds. The highest BCUT2D eigenvalue weighted by Gasteiger charge is 2.28. The number of carbonyl (C=O) groups excluding carboxylic acids is 2. The quantitative estimate of drug-likeness (QED) is 0.836. The highest BCUT2D eigenvalue weighted by molar-refractivity contribution is 5.90. The predicted molar refractivity (Wildman–Crippen MR) is 81.6 cm³/mol. The van der Waals surface area contributed by atoms with Crippen LogP contribution in [0.25, 0.3) is 0 Å². The standard InChI is InChI=1S/C16H20N2O5/c1-9(17-16(20)11-3-4-15(19)18-11)5-10-6-13-14(23-8-22-13)7-12(10)21-2/h6-7,9,11H,3-5,8H2,1-2H3,(H,17,20)(H,18,19). The van der Waals surface area contributed by atoms with Gasteiger partial charge in [0.15, 0.2) is 11.5 Å². The van der Waals surface area contributed by atoms with E-state index in [1.54, 1.807) is 13.2 Å². The van der Waals surface area contributed by atoms with Crippen molar-refractivity contribution >= 4 is 11.8 Å². The first-order valence-corrected chi connectivity index (χ1v) is 7.63. The smallest absolute Gasteiger partial charge is 0.242 e. The molecule has 0 radical (unpaired) electrons. The maximum atomic E-state index is 12.1. The van der Waals surface area contributed by atoms with E-state index >= 15 is 0 Å². The molecule has 1 saturated heterocycles. The third-order valence-electron chi connectivity index (χ3n) is 4.00. The fraction of sp³-hybridized carbons (Fsp3) is 0.500. The highest BCUT2D eigenvalue weighted by Crippen LogP contribution is 2.38. The number of nitrogens with one attached hydrogen (secondary N) is 2. The lowest BCUT2D eigenvalue weighted by Gasteiger charge is -2.18. The van der Waals surface area contributed by atoms with Crippen molar-refractivity contribution in [3.05, 3.63) is 17.7 Å². The molecule has 0 aromatic heterocycles. The topological polar surface area (TPSA) is 85.9 Å². The molecule has 23 heavy (non-hydrogen) atoms. The minimum atomic E-state index is -0.427. The summed E-state index contributed by atoms with van der Waals surface area (Å²) >= 11 is 0. The van der Waals surface area contributed by atoms with Gasteiger partial charge < -0.3 is 24.8 Å². The summed E-state index contributed by atoms with van der Waals surface area (Å²) < 4.78 is 16.1. The minimum Gasteiger partial charge on any atom is -0.496 e. The fourth-order valence-electron chi connectivity index (χ4n) is 2.85. The van der Waals surface area contributed by atoms with Gasteiger partial charge in [-0.1, -0.05) is 0 Å². The largest absolute Gasteiger partial charge is 0.496 e. The van der Waals surface area contributed by atoms with Gasteiger partial charge in [-0.05, 0) is 25.8 Å². The first-order valence-electron chi connectivity index (χ1n) is 7.63. The molecule has 124 valence electrons. The van der Waals surface area contributed by atoms with Crippen molar-refractivity contribution in [1.29, 1.82) is 0 Å². The molecule has 1 aromatic rings. The van der Waals surface area contributed by atoms with Crippen molar-refractivity contribution in [3.8, 4) is 17.2 Å². The lowest BCUT2D eigenvalue weighted by Crippen LogP contribution is -2.45. The van der Waals surface area contributed by atoms with Crippen LogP contribution in [0.1, 0.15) is 25.3 Å². The van der Waals surface area contributed by atoms with E-state index in [2.05, 4.69) is 10.6 Å². The molecule has 2 atom stereocenters. The Balaban J connectivity index is 1.64. The van der Waals surface area contributed by atoms with Crippen molar-refractivity contribution in [2.24, 2.45) is 0 Å². The number of hydrogen-bond donors (Lipinski definition) is 2. The van der Waals surface area contributed by atoms with E-state index in [1.165, 1.54) is 0 Å². The Morgan fingerprint density at radius 1 is 1.43 bits per heavy atom. The maximum Gasteiger partial charge on any atom is 0.242 e. The third kappa shape index (κ3) is 3.33. The number of rotatable bonds is 5. The van der Waals surface area contributed by atoms with E-state index in [1.807, 2.05) is 13.0 Å². The van der Waals surface area contributed by atoms with E-state index in [0.717, 1.165) is 5.56 Å². The van der Waals surface area contributed by atoms with Crippen LogP contribution in [0.2, 0.25) is 0 Å².